The van der Waals surface area contributed by atoms with Crippen LogP contribution in [0, 0.1) is 30.1 Å². The fourth-order valence-electron chi connectivity index (χ4n) is 9.06. The second-order valence-corrected chi connectivity index (χ2v) is 16.5. The average molecular weight is 723 g/mol. The minimum atomic E-state index is -1.70. The minimum absolute atomic E-state index is 0.0384. The van der Waals surface area contributed by atoms with Crippen molar-refractivity contribution in [3.8, 4) is 11.5 Å². The lowest BCUT2D eigenvalue weighted by molar-refractivity contribution is -0.323. The van der Waals surface area contributed by atoms with Crippen molar-refractivity contribution in [2.45, 2.75) is 82.6 Å². The molecule has 4 fully saturated rings. The van der Waals surface area contributed by atoms with Crippen LogP contribution in [-0.2, 0) is 14.2 Å². The molecule has 0 amide bonds. The number of phenolic OH excluding ortho intramolecular Hbond substituents is 1. The van der Waals surface area contributed by atoms with Gasteiger partial charge in [-0.25, -0.2) is 4.79 Å². The Morgan fingerprint density at radius 2 is 1.86 bits per heavy atom. The van der Waals surface area contributed by atoms with Gasteiger partial charge in [0, 0.05) is 24.4 Å². The SMILES string of the molecule is CC(=O)c1c(C)cc2cc(C(=O)O)cc(OC3OC(CO)C4(CCC5CCCC6COCC(CCO)(CSSCO4)C56)C(O)C3O)c2c1O. The van der Waals surface area contributed by atoms with Gasteiger partial charge in [0.1, 0.15) is 41.4 Å². The number of carboxylic acid groups (broad SMARTS) is 1. The predicted molar refractivity (Wildman–Crippen MR) is 183 cm³/mol. The van der Waals surface area contributed by atoms with Gasteiger partial charge >= 0.3 is 5.97 Å². The van der Waals surface area contributed by atoms with Crippen molar-refractivity contribution in [1.82, 2.24) is 0 Å². The zero-order valence-corrected chi connectivity index (χ0v) is 29.3. The number of ether oxygens (including phenoxy) is 4. The summed E-state index contributed by atoms with van der Waals surface area (Å²) < 4.78 is 24.8. The van der Waals surface area contributed by atoms with E-state index in [9.17, 15) is 40.2 Å². The molecule has 9 atom stereocenters. The second-order valence-electron chi connectivity index (χ2n) is 14.0. The molecule has 3 aliphatic heterocycles. The number of aromatic carboxylic acids is 1. The van der Waals surface area contributed by atoms with Crippen LogP contribution in [0.25, 0.3) is 10.8 Å². The van der Waals surface area contributed by atoms with E-state index >= 15 is 0 Å². The number of carboxylic acids is 1. The molecule has 6 N–H and O–H groups in total. The zero-order chi connectivity index (χ0) is 35.1. The molecule has 0 bridgehead atoms. The van der Waals surface area contributed by atoms with E-state index in [1.54, 1.807) is 23.8 Å². The van der Waals surface area contributed by atoms with Gasteiger partial charge in [-0.05, 0) is 80.4 Å². The molecular formula is C35H46O12S2. The number of hydrogen-bond donors (Lipinski definition) is 6. The van der Waals surface area contributed by atoms with E-state index in [0.29, 0.717) is 43.5 Å². The highest BCUT2D eigenvalue weighted by atomic mass is 33.1. The van der Waals surface area contributed by atoms with Gasteiger partial charge in [0.15, 0.2) is 5.78 Å². The molecule has 1 saturated carbocycles. The van der Waals surface area contributed by atoms with Crippen molar-refractivity contribution >= 4 is 44.1 Å². The number of aryl methyl sites for hydroxylation is 1. The summed E-state index contributed by atoms with van der Waals surface area (Å²) in [6, 6.07) is 4.07. The first-order valence-electron chi connectivity index (χ1n) is 16.9. The van der Waals surface area contributed by atoms with Crippen molar-refractivity contribution in [3.05, 3.63) is 34.9 Å². The van der Waals surface area contributed by atoms with Crippen molar-refractivity contribution in [2.24, 2.45) is 23.2 Å². The Balaban J connectivity index is 1.33. The number of fused-ring (bicyclic) bond motifs is 1. The molecule has 4 aliphatic rings. The van der Waals surface area contributed by atoms with Crippen LogP contribution in [0.2, 0.25) is 0 Å². The first-order chi connectivity index (χ1) is 23.5. The third-order valence-corrected chi connectivity index (χ3v) is 13.5. The first kappa shape index (κ1) is 36.6. The number of benzene rings is 2. The summed E-state index contributed by atoms with van der Waals surface area (Å²) in [6.45, 7) is 3.67. The molecule has 3 heterocycles. The van der Waals surface area contributed by atoms with Crippen LogP contribution < -0.4 is 4.74 Å². The van der Waals surface area contributed by atoms with Crippen LogP contribution >= 0.6 is 21.6 Å². The second kappa shape index (κ2) is 14.8. The van der Waals surface area contributed by atoms with Crippen molar-refractivity contribution in [2.75, 3.05) is 38.1 Å². The van der Waals surface area contributed by atoms with Crippen molar-refractivity contribution in [1.29, 1.82) is 0 Å². The van der Waals surface area contributed by atoms with Crippen LogP contribution in [0.3, 0.4) is 0 Å². The Labute approximate surface area is 292 Å². The number of aliphatic hydroxyl groups excluding tert-OH is 4. The number of hydrogen-bond acceptors (Lipinski definition) is 13. The van der Waals surface area contributed by atoms with E-state index in [-0.39, 0.29) is 57.9 Å². The topological polar surface area (TPSA) is 192 Å². The largest absolute Gasteiger partial charge is 0.506 e. The molecular weight excluding hydrogens is 677 g/mol. The van der Waals surface area contributed by atoms with Crippen LogP contribution in [0.4, 0.5) is 0 Å². The van der Waals surface area contributed by atoms with E-state index in [2.05, 4.69) is 0 Å². The monoisotopic (exact) mass is 722 g/mol. The number of carbonyl (C=O) groups is 2. The van der Waals surface area contributed by atoms with E-state index in [1.165, 1.54) is 23.8 Å². The van der Waals surface area contributed by atoms with Gasteiger partial charge in [0.05, 0.1) is 29.7 Å². The molecule has 12 nitrogen and oxygen atoms in total. The highest BCUT2D eigenvalue weighted by Gasteiger charge is 2.59. The Hall–Kier alpha value is -2.14. The Morgan fingerprint density at radius 1 is 1.08 bits per heavy atom. The molecule has 1 spiro atoms. The van der Waals surface area contributed by atoms with Gasteiger partial charge in [-0.2, -0.15) is 0 Å². The van der Waals surface area contributed by atoms with Gasteiger partial charge in [-0.15, -0.1) is 0 Å². The maximum absolute atomic E-state index is 12.4. The van der Waals surface area contributed by atoms with Crippen LogP contribution in [0.5, 0.6) is 11.5 Å². The fourth-order valence-corrected chi connectivity index (χ4v) is 11.4. The molecule has 49 heavy (non-hydrogen) atoms. The van der Waals surface area contributed by atoms with Crippen molar-refractivity contribution < 1.29 is 59.2 Å². The van der Waals surface area contributed by atoms with Crippen LogP contribution in [-0.4, -0.2) is 111 Å². The molecule has 14 heteroatoms. The normalized spacial score (nSPS) is 35.3. The number of rotatable bonds is 7. The van der Waals surface area contributed by atoms with Gasteiger partial charge in [-0.3, -0.25) is 4.79 Å². The molecule has 2 aromatic carbocycles. The lowest BCUT2D eigenvalue weighted by Gasteiger charge is -2.54. The zero-order valence-electron chi connectivity index (χ0n) is 27.7. The summed E-state index contributed by atoms with van der Waals surface area (Å²) >= 11 is 0. The summed E-state index contributed by atoms with van der Waals surface area (Å²) in [5.74, 6) is -0.474. The fraction of sp³-hybridized carbons (Fsp3) is 0.657. The van der Waals surface area contributed by atoms with E-state index < -0.39 is 54.3 Å². The molecule has 3 saturated heterocycles. The lowest BCUT2D eigenvalue weighted by atomic mass is 9.56. The smallest absolute Gasteiger partial charge is 0.335 e. The van der Waals surface area contributed by atoms with E-state index in [0.717, 1.165) is 31.1 Å². The molecule has 9 unspecified atom stereocenters. The number of carbonyl (C=O) groups excluding carboxylic acids is 1. The third kappa shape index (κ3) is 6.69. The summed E-state index contributed by atoms with van der Waals surface area (Å²) in [6.07, 6.45) is -1.43. The quantitative estimate of drug-likeness (QED) is 0.178. The standard InChI is InChI=1S/C35H46O12S2/c1-18-10-22-11-23(32(42)43)12-24(27(22)29(39)26(18)19(2)38)46-33-30(40)31(41)35(25(13-37)47-33)7-6-20-4-3-5-21-14-44-15-34(8-9-36,28(20)21)16-48-49-17-45-35/h10-12,20-21,25,28,30-31,33,36-37,39-41H,3-9,13-17H2,1-2H3,(H,42,43). The molecule has 1 aliphatic carbocycles. The maximum Gasteiger partial charge on any atom is 0.335 e. The van der Waals surface area contributed by atoms with Gasteiger partial charge < -0.3 is 49.6 Å². The molecule has 6 rings (SSSR count). The number of phenols is 1. The van der Waals surface area contributed by atoms with E-state index in [1.807, 2.05) is 0 Å². The number of ketones is 1. The third-order valence-electron chi connectivity index (χ3n) is 11.2. The Bertz CT molecular complexity index is 1540. The number of aliphatic hydroxyl groups is 4. The highest BCUT2D eigenvalue weighted by Crippen LogP contribution is 2.55. The van der Waals surface area contributed by atoms with Gasteiger partial charge in [0.25, 0.3) is 0 Å². The molecule has 2 aromatic rings. The minimum Gasteiger partial charge on any atom is -0.506 e. The predicted octanol–water partition coefficient (Wildman–Crippen LogP) is 3.89. The summed E-state index contributed by atoms with van der Waals surface area (Å²) in [5.41, 5.74) is -1.40. The molecule has 270 valence electrons. The lowest BCUT2D eigenvalue weighted by Crippen LogP contribution is -2.69. The number of aromatic hydroxyl groups is 1. The summed E-state index contributed by atoms with van der Waals surface area (Å²) in [7, 11) is 3.08. The average Bonchev–Trinajstić information content (AvgIpc) is 3.09. The Kier molecular flexibility index (Phi) is 11.1. The number of Topliss-reactive ketones (excluding diaryl/α,β-unsaturated/α-hetero) is 1. The molecule has 0 aromatic heterocycles. The summed E-state index contributed by atoms with van der Waals surface area (Å²) in [5, 5.41) is 65.7. The first-order valence-corrected chi connectivity index (χ1v) is 19.4. The van der Waals surface area contributed by atoms with Crippen LogP contribution in [0.1, 0.15) is 71.7 Å². The van der Waals surface area contributed by atoms with E-state index in [4.69, 9.17) is 18.9 Å². The van der Waals surface area contributed by atoms with Crippen LogP contribution in [0.15, 0.2) is 18.2 Å². The maximum atomic E-state index is 12.4. The Morgan fingerprint density at radius 3 is 2.57 bits per heavy atom. The van der Waals surface area contributed by atoms with Crippen molar-refractivity contribution in [3.63, 3.8) is 0 Å². The summed E-state index contributed by atoms with van der Waals surface area (Å²) in [4.78, 5) is 24.5. The molecule has 0 radical (unpaired) electrons. The van der Waals surface area contributed by atoms with Gasteiger partial charge in [0.2, 0.25) is 6.29 Å². The van der Waals surface area contributed by atoms with Gasteiger partial charge in [-0.1, -0.05) is 40.5 Å². The highest BCUT2D eigenvalue weighted by molar-refractivity contribution is 8.76.